The van der Waals surface area contributed by atoms with E-state index in [1.165, 1.54) is 11.4 Å². The first-order valence-electron chi connectivity index (χ1n) is 8.85. The molecule has 0 radical (unpaired) electrons. The predicted molar refractivity (Wildman–Crippen MR) is 107 cm³/mol. The molecule has 0 aliphatic carbocycles. The molecule has 2 nitrogen and oxygen atoms in total. The average Bonchev–Trinajstić information content (AvgIpc) is 2.51. The molecule has 0 atom stereocenters. The third kappa shape index (κ3) is 4.77. The zero-order valence-corrected chi connectivity index (χ0v) is 16.1. The molecule has 0 aromatic heterocycles. The Morgan fingerprint density at radius 3 is 1.08 bits per heavy atom. The van der Waals surface area contributed by atoms with Crippen molar-refractivity contribution in [3.05, 3.63) is 60.7 Å². The highest BCUT2D eigenvalue weighted by Gasteiger charge is 2.26. The van der Waals surface area contributed by atoms with Gasteiger partial charge in [0.15, 0.2) is 0 Å². The second kappa shape index (κ2) is 7.29. The number of rotatable bonds is 5. The Labute approximate surface area is 148 Å². The number of benzene rings is 2. The Bertz CT molecular complexity index is 548. The van der Waals surface area contributed by atoms with Gasteiger partial charge in [0.2, 0.25) is 0 Å². The van der Waals surface area contributed by atoms with Crippen molar-refractivity contribution in [2.75, 3.05) is 22.9 Å². The summed E-state index contributed by atoms with van der Waals surface area (Å²) < 4.78 is 0. The van der Waals surface area contributed by atoms with Crippen LogP contribution in [0.1, 0.15) is 41.5 Å². The van der Waals surface area contributed by atoms with Gasteiger partial charge in [-0.1, -0.05) is 36.4 Å². The Kier molecular flexibility index (Phi) is 5.58. The average molecular weight is 325 g/mol. The van der Waals surface area contributed by atoms with Gasteiger partial charge in [-0.15, -0.1) is 0 Å². The molecule has 0 aliphatic heterocycles. The molecule has 0 saturated carbocycles. The van der Waals surface area contributed by atoms with Crippen molar-refractivity contribution in [1.82, 2.24) is 0 Å². The fourth-order valence-corrected chi connectivity index (χ4v) is 3.12. The van der Waals surface area contributed by atoms with E-state index >= 15 is 0 Å². The summed E-state index contributed by atoms with van der Waals surface area (Å²) in [5, 5.41) is 0. The molecule has 24 heavy (non-hydrogen) atoms. The molecule has 0 amide bonds. The molecule has 2 aromatic carbocycles. The van der Waals surface area contributed by atoms with Crippen LogP contribution >= 0.6 is 0 Å². The van der Waals surface area contributed by atoms with E-state index in [9.17, 15) is 0 Å². The van der Waals surface area contributed by atoms with Crippen LogP contribution in [-0.2, 0) is 0 Å². The Morgan fingerprint density at radius 1 is 0.542 bits per heavy atom. The van der Waals surface area contributed by atoms with Gasteiger partial charge in [0, 0.05) is 35.5 Å². The summed E-state index contributed by atoms with van der Waals surface area (Å²) >= 11 is 0. The first-order chi connectivity index (χ1) is 11.2. The van der Waals surface area contributed by atoms with E-state index in [0.29, 0.717) is 0 Å². The minimum Gasteiger partial charge on any atom is -0.365 e. The molecule has 0 saturated heterocycles. The molecule has 2 rings (SSSR count). The van der Waals surface area contributed by atoms with Gasteiger partial charge in [0.1, 0.15) is 0 Å². The number of anilines is 2. The molecule has 0 fully saturated rings. The van der Waals surface area contributed by atoms with Crippen LogP contribution < -0.4 is 9.80 Å². The summed E-state index contributed by atoms with van der Waals surface area (Å²) in [7, 11) is 0. The quantitative estimate of drug-likeness (QED) is 0.706. The van der Waals surface area contributed by atoms with Crippen molar-refractivity contribution in [2.45, 2.75) is 52.6 Å². The van der Waals surface area contributed by atoms with E-state index in [1.807, 2.05) is 0 Å². The third-order valence-corrected chi connectivity index (χ3v) is 4.30. The minimum atomic E-state index is 0.0849. The summed E-state index contributed by atoms with van der Waals surface area (Å²) in [4.78, 5) is 4.99. The van der Waals surface area contributed by atoms with Gasteiger partial charge in [0.05, 0.1) is 0 Å². The van der Waals surface area contributed by atoms with E-state index in [1.54, 1.807) is 0 Å². The second-order valence-electron chi connectivity index (χ2n) is 8.32. The summed E-state index contributed by atoms with van der Waals surface area (Å²) in [5.41, 5.74) is 2.74. The lowest BCUT2D eigenvalue weighted by Crippen LogP contribution is -2.50. The highest BCUT2D eigenvalue weighted by molar-refractivity contribution is 5.51. The second-order valence-corrected chi connectivity index (χ2v) is 8.32. The van der Waals surface area contributed by atoms with Crippen molar-refractivity contribution in [2.24, 2.45) is 0 Å². The maximum absolute atomic E-state index is 2.49. The van der Waals surface area contributed by atoms with Crippen molar-refractivity contribution in [3.8, 4) is 0 Å². The molecule has 0 heterocycles. The predicted octanol–water partition coefficient (Wildman–Crippen LogP) is 5.60. The van der Waals surface area contributed by atoms with E-state index in [-0.39, 0.29) is 11.1 Å². The Morgan fingerprint density at radius 2 is 0.833 bits per heavy atom. The van der Waals surface area contributed by atoms with E-state index < -0.39 is 0 Å². The van der Waals surface area contributed by atoms with Crippen LogP contribution in [0.25, 0.3) is 0 Å². The van der Waals surface area contributed by atoms with Crippen LogP contribution in [0.2, 0.25) is 0 Å². The summed E-state index contributed by atoms with van der Waals surface area (Å²) in [5.74, 6) is 0. The van der Waals surface area contributed by atoms with Crippen LogP contribution in [-0.4, -0.2) is 24.2 Å². The monoisotopic (exact) mass is 324 g/mol. The first-order valence-corrected chi connectivity index (χ1v) is 8.85. The molecule has 2 heteroatoms. The Balaban J connectivity index is 2.23. The standard InChI is InChI=1S/C22H32N2/c1-21(2,3)23(19-13-9-7-10-14-19)17-18-24(22(4,5)6)20-15-11-8-12-16-20/h7-16H,17-18H2,1-6H3. The van der Waals surface area contributed by atoms with Crippen molar-refractivity contribution in [3.63, 3.8) is 0 Å². The van der Waals surface area contributed by atoms with Crippen LogP contribution in [0, 0.1) is 0 Å². The fourth-order valence-electron chi connectivity index (χ4n) is 3.12. The largest absolute Gasteiger partial charge is 0.365 e. The maximum atomic E-state index is 2.49. The van der Waals surface area contributed by atoms with Crippen LogP contribution in [0.4, 0.5) is 11.4 Å². The van der Waals surface area contributed by atoms with Gasteiger partial charge < -0.3 is 9.80 Å². The Hall–Kier alpha value is -1.96. The van der Waals surface area contributed by atoms with Gasteiger partial charge in [-0.25, -0.2) is 0 Å². The summed E-state index contributed by atoms with van der Waals surface area (Å²) in [6.45, 7) is 15.7. The van der Waals surface area contributed by atoms with Crippen LogP contribution in [0.15, 0.2) is 60.7 Å². The zero-order valence-electron chi connectivity index (χ0n) is 16.1. The number of para-hydroxylation sites is 2. The smallest absolute Gasteiger partial charge is 0.0371 e. The van der Waals surface area contributed by atoms with Crippen molar-refractivity contribution < 1.29 is 0 Å². The zero-order chi connectivity index (χ0) is 17.8. The molecule has 0 spiro atoms. The lowest BCUT2D eigenvalue weighted by atomic mass is 10.0. The van der Waals surface area contributed by atoms with E-state index in [0.717, 1.165) is 13.1 Å². The van der Waals surface area contributed by atoms with Crippen molar-refractivity contribution in [1.29, 1.82) is 0 Å². The number of hydrogen-bond donors (Lipinski definition) is 0. The molecule has 2 aromatic rings. The van der Waals surface area contributed by atoms with Gasteiger partial charge >= 0.3 is 0 Å². The summed E-state index contributed by atoms with van der Waals surface area (Å²) in [6.07, 6.45) is 0. The van der Waals surface area contributed by atoms with Crippen LogP contribution in [0.5, 0.6) is 0 Å². The van der Waals surface area contributed by atoms with E-state index in [2.05, 4.69) is 112 Å². The van der Waals surface area contributed by atoms with Gasteiger partial charge in [0.25, 0.3) is 0 Å². The fraction of sp³-hybridized carbons (Fsp3) is 0.455. The highest BCUT2D eigenvalue weighted by Crippen LogP contribution is 2.26. The third-order valence-electron chi connectivity index (χ3n) is 4.30. The van der Waals surface area contributed by atoms with Gasteiger partial charge in [-0.05, 0) is 65.8 Å². The number of nitrogens with zero attached hydrogens (tertiary/aromatic N) is 2. The molecule has 0 aliphatic rings. The minimum absolute atomic E-state index is 0.0849. The molecular formula is C22H32N2. The van der Waals surface area contributed by atoms with Gasteiger partial charge in [-0.3, -0.25) is 0 Å². The SMILES string of the molecule is CC(C)(C)N(CCN(c1ccccc1)C(C)(C)C)c1ccccc1. The molecular weight excluding hydrogens is 292 g/mol. The van der Waals surface area contributed by atoms with Gasteiger partial charge in [-0.2, -0.15) is 0 Å². The highest BCUT2D eigenvalue weighted by atomic mass is 15.3. The summed E-state index contributed by atoms with van der Waals surface area (Å²) in [6, 6.07) is 21.4. The first kappa shape index (κ1) is 18.4. The van der Waals surface area contributed by atoms with E-state index in [4.69, 9.17) is 0 Å². The van der Waals surface area contributed by atoms with Crippen molar-refractivity contribution >= 4 is 11.4 Å². The molecule has 0 bridgehead atoms. The molecule has 0 N–H and O–H groups in total. The number of hydrogen-bond acceptors (Lipinski definition) is 2. The lowest BCUT2D eigenvalue weighted by Gasteiger charge is -2.43. The van der Waals surface area contributed by atoms with Crippen LogP contribution in [0.3, 0.4) is 0 Å². The molecule has 130 valence electrons. The normalized spacial score (nSPS) is 12.1. The molecule has 0 unspecified atom stereocenters. The lowest BCUT2D eigenvalue weighted by molar-refractivity contribution is 0.465. The topological polar surface area (TPSA) is 6.48 Å². The maximum Gasteiger partial charge on any atom is 0.0371 e.